The van der Waals surface area contributed by atoms with E-state index in [1.165, 1.54) is 0 Å². The molecule has 0 saturated carbocycles. The molecule has 2 aromatic carbocycles. The Labute approximate surface area is 155 Å². The van der Waals surface area contributed by atoms with Gasteiger partial charge >= 0.3 is 0 Å². The van der Waals surface area contributed by atoms with Crippen molar-refractivity contribution in [2.75, 3.05) is 18.4 Å². The fraction of sp³-hybridized carbons (Fsp3) is 0.364. The number of carbonyl (C=O) groups excluding carboxylic acids is 2. The van der Waals surface area contributed by atoms with Gasteiger partial charge in [-0.2, -0.15) is 0 Å². The first-order valence-electron chi connectivity index (χ1n) is 9.16. The molecule has 0 spiro atoms. The lowest BCUT2D eigenvalue weighted by atomic mass is 9.86. The Morgan fingerprint density at radius 1 is 0.885 bits per heavy atom. The van der Waals surface area contributed by atoms with E-state index in [1.54, 1.807) is 24.3 Å². The highest BCUT2D eigenvalue weighted by Crippen LogP contribution is 2.29. The molecule has 2 aromatic rings. The molecule has 0 unspecified atom stereocenters. The fourth-order valence-corrected chi connectivity index (χ4v) is 3.31. The fourth-order valence-electron chi connectivity index (χ4n) is 3.31. The minimum Gasteiger partial charge on any atom is -0.339 e. The summed E-state index contributed by atoms with van der Waals surface area (Å²) in [5.41, 5.74) is 3.04. The van der Waals surface area contributed by atoms with E-state index in [2.05, 4.69) is 26.1 Å². The summed E-state index contributed by atoms with van der Waals surface area (Å²) in [4.78, 5) is 26.9. The predicted molar refractivity (Wildman–Crippen MR) is 105 cm³/mol. The van der Waals surface area contributed by atoms with Gasteiger partial charge in [-0.15, -0.1) is 0 Å². The molecule has 4 heteroatoms. The van der Waals surface area contributed by atoms with Crippen LogP contribution in [0.3, 0.4) is 0 Å². The average molecular weight is 350 g/mol. The zero-order valence-corrected chi connectivity index (χ0v) is 15.7. The predicted octanol–water partition coefficient (Wildman–Crippen LogP) is 4.47. The van der Waals surface area contributed by atoms with Gasteiger partial charge in [-0.25, -0.2) is 0 Å². The third kappa shape index (κ3) is 3.96. The number of anilines is 1. The van der Waals surface area contributed by atoms with Crippen LogP contribution in [-0.2, 0) is 5.41 Å². The maximum Gasteiger partial charge on any atom is 0.255 e. The van der Waals surface area contributed by atoms with Crippen LogP contribution < -0.4 is 5.32 Å². The molecule has 0 atom stereocenters. The molecule has 1 fully saturated rings. The molecule has 1 N–H and O–H groups in total. The van der Waals surface area contributed by atoms with Crippen LogP contribution in [0.5, 0.6) is 0 Å². The lowest BCUT2D eigenvalue weighted by Crippen LogP contribution is -2.27. The van der Waals surface area contributed by atoms with Crippen molar-refractivity contribution in [3.8, 4) is 0 Å². The Morgan fingerprint density at radius 3 is 2.08 bits per heavy atom. The van der Waals surface area contributed by atoms with Crippen LogP contribution in [0.2, 0.25) is 0 Å². The van der Waals surface area contributed by atoms with Crippen LogP contribution in [0.15, 0.2) is 48.5 Å². The van der Waals surface area contributed by atoms with E-state index in [4.69, 9.17) is 0 Å². The average Bonchev–Trinajstić information content (AvgIpc) is 3.15. The van der Waals surface area contributed by atoms with E-state index >= 15 is 0 Å². The van der Waals surface area contributed by atoms with E-state index in [-0.39, 0.29) is 17.2 Å². The first kappa shape index (κ1) is 18.2. The van der Waals surface area contributed by atoms with Crippen LogP contribution in [0.4, 0.5) is 5.69 Å². The minimum atomic E-state index is -0.165. The maximum atomic E-state index is 12.6. The summed E-state index contributed by atoms with van der Waals surface area (Å²) in [6.45, 7) is 8.01. The smallest absolute Gasteiger partial charge is 0.255 e. The van der Waals surface area contributed by atoms with Crippen molar-refractivity contribution in [3.05, 3.63) is 65.2 Å². The highest BCUT2D eigenvalue weighted by Gasteiger charge is 2.21. The second-order valence-electron chi connectivity index (χ2n) is 7.83. The summed E-state index contributed by atoms with van der Waals surface area (Å²) in [5, 5.41) is 3.00. The first-order valence-corrected chi connectivity index (χ1v) is 9.16. The van der Waals surface area contributed by atoms with E-state index < -0.39 is 0 Å². The lowest BCUT2D eigenvalue weighted by Gasteiger charge is -2.23. The molecule has 1 aliphatic rings. The standard InChI is InChI=1S/C22H26N2O2/c1-22(2,3)18-8-4-5-9-19(18)23-20(25)16-10-12-17(13-11-16)21(26)24-14-6-7-15-24/h4-5,8-13H,6-7,14-15H2,1-3H3,(H,23,25). The zero-order valence-electron chi connectivity index (χ0n) is 15.7. The normalized spacial score (nSPS) is 14.3. The Balaban J connectivity index is 1.74. The van der Waals surface area contributed by atoms with Crippen LogP contribution >= 0.6 is 0 Å². The molecule has 0 aromatic heterocycles. The summed E-state index contributed by atoms with van der Waals surface area (Å²) in [6.07, 6.45) is 2.14. The van der Waals surface area contributed by atoms with Crippen molar-refractivity contribution >= 4 is 17.5 Å². The molecule has 4 nitrogen and oxygen atoms in total. The Morgan fingerprint density at radius 2 is 1.46 bits per heavy atom. The maximum absolute atomic E-state index is 12.6. The number of rotatable bonds is 3. The summed E-state index contributed by atoms with van der Waals surface area (Å²) >= 11 is 0. The third-order valence-corrected chi connectivity index (χ3v) is 4.77. The second-order valence-corrected chi connectivity index (χ2v) is 7.83. The lowest BCUT2D eigenvalue weighted by molar-refractivity contribution is 0.0792. The molecule has 1 aliphatic heterocycles. The number of hydrogen-bond donors (Lipinski definition) is 1. The van der Waals surface area contributed by atoms with Crippen molar-refractivity contribution in [3.63, 3.8) is 0 Å². The summed E-state index contributed by atoms with van der Waals surface area (Å²) in [7, 11) is 0. The van der Waals surface area contributed by atoms with Crippen molar-refractivity contribution in [2.45, 2.75) is 39.0 Å². The summed E-state index contributed by atoms with van der Waals surface area (Å²) in [6, 6.07) is 14.8. The Hall–Kier alpha value is -2.62. The van der Waals surface area contributed by atoms with Crippen molar-refractivity contribution < 1.29 is 9.59 Å². The first-order chi connectivity index (χ1) is 12.4. The van der Waals surface area contributed by atoms with Crippen LogP contribution in [0.25, 0.3) is 0 Å². The number of nitrogens with zero attached hydrogens (tertiary/aromatic N) is 1. The van der Waals surface area contributed by atoms with Crippen molar-refractivity contribution in [1.29, 1.82) is 0 Å². The van der Waals surface area contributed by atoms with Crippen LogP contribution in [-0.4, -0.2) is 29.8 Å². The SMILES string of the molecule is CC(C)(C)c1ccccc1NC(=O)c1ccc(C(=O)N2CCCC2)cc1. The largest absolute Gasteiger partial charge is 0.339 e. The van der Waals surface area contributed by atoms with E-state index in [0.717, 1.165) is 37.2 Å². The molecule has 136 valence electrons. The van der Waals surface area contributed by atoms with E-state index in [9.17, 15) is 9.59 Å². The van der Waals surface area contributed by atoms with Gasteiger partial charge in [0, 0.05) is 29.9 Å². The minimum absolute atomic E-state index is 0.0486. The van der Waals surface area contributed by atoms with Gasteiger partial charge in [-0.05, 0) is 54.2 Å². The zero-order chi connectivity index (χ0) is 18.7. The molecule has 1 heterocycles. The number of nitrogens with one attached hydrogen (secondary N) is 1. The molecule has 3 rings (SSSR count). The highest BCUT2D eigenvalue weighted by molar-refractivity contribution is 6.05. The van der Waals surface area contributed by atoms with Gasteiger partial charge in [0.2, 0.25) is 0 Å². The van der Waals surface area contributed by atoms with Crippen LogP contribution in [0.1, 0.15) is 59.9 Å². The molecule has 0 aliphatic carbocycles. The number of carbonyl (C=O) groups is 2. The molecule has 0 bridgehead atoms. The van der Waals surface area contributed by atoms with Crippen molar-refractivity contribution in [2.24, 2.45) is 0 Å². The van der Waals surface area contributed by atoms with Gasteiger partial charge in [0.05, 0.1) is 0 Å². The van der Waals surface area contributed by atoms with Gasteiger partial charge in [0.15, 0.2) is 0 Å². The number of likely N-dealkylation sites (tertiary alicyclic amines) is 1. The number of benzene rings is 2. The van der Waals surface area contributed by atoms with Gasteiger partial charge in [0.1, 0.15) is 0 Å². The molecule has 26 heavy (non-hydrogen) atoms. The molecular weight excluding hydrogens is 324 g/mol. The number of hydrogen-bond acceptors (Lipinski definition) is 2. The third-order valence-electron chi connectivity index (χ3n) is 4.77. The molecular formula is C22H26N2O2. The highest BCUT2D eigenvalue weighted by atomic mass is 16.2. The van der Waals surface area contributed by atoms with Gasteiger partial charge in [-0.3, -0.25) is 9.59 Å². The topological polar surface area (TPSA) is 49.4 Å². The molecule has 2 amide bonds. The van der Waals surface area contributed by atoms with Gasteiger partial charge < -0.3 is 10.2 Å². The molecule has 1 saturated heterocycles. The Kier molecular flexibility index (Phi) is 5.12. The molecule has 0 radical (unpaired) electrons. The monoisotopic (exact) mass is 350 g/mol. The van der Waals surface area contributed by atoms with Crippen molar-refractivity contribution in [1.82, 2.24) is 4.90 Å². The van der Waals surface area contributed by atoms with Crippen LogP contribution in [0, 0.1) is 0 Å². The summed E-state index contributed by atoms with van der Waals surface area (Å²) in [5.74, 6) is -0.116. The van der Waals surface area contributed by atoms with E-state index in [0.29, 0.717) is 11.1 Å². The number of amides is 2. The summed E-state index contributed by atoms with van der Waals surface area (Å²) < 4.78 is 0. The second kappa shape index (κ2) is 7.32. The van der Waals surface area contributed by atoms with E-state index in [1.807, 2.05) is 29.2 Å². The Bertz CT molecular complexity index is 798. The van der Waals surface area contributed by atoms with Gasteiger partial charge in [-0.1, -0.05) is 39.0 Å². The van der Waals surface area contributed by atoms with Gasteiger partial charge in [0.25, 0.3) is 11.8 Å². The number of para-hydroxylation sites is 1. The quantitative estimate of drug-likeness (QED) is 0.888.